The first kappa shape index (κ1) is 16.0. The predicted octanol–water partition coefficient (Wildman–Crippen LogP) is 2.31. The van der Waals surface area contributed by atoms with Crippen LogP contribution in [0.2, 0.25) is 0 Å². The molecule has 1 atom stereocenters. The van der Waals surface area contributed by atoms with Crippen LogP contribution in [0.15, 0.2) is 24.3 Å². The van der Waals surface area contributed by atoms with Crippen molar-refractivity contribution in [3.8, 4) is 5.75 Å². The summed E-state index contributed by atoms with van der Waals surface area (Å²) in [6.45, 7) is 0.628. The number of fused-ring (bicyclic) bond motifs is 1. The Morgan fingerprint density at radius 1 is 1.32 bits per heavy atom. The van der Waals surface area contributed by atoms with Crippen molar-refractivity contribution in [3.05, 3.63) is 30.0 Å². The molecule has 2 fully saturated rings. The van der Waals surface area contributed by atoms with E-state index in [2.05, 4.69) is 10.3 Å². The zero-order valence-corrected chi connectivity index (χ0v) is 14.6. The third kappa shape index (κ3) is 2.65. The summed E-state index contributed by atoms with van der Waals surface area (Å²) in [6, 6.07) is 7.10. The first-order chi connectivity index (χ1) is 12.1. The van der Waals surface area contributed by atoms with Gasteiger partial charge in [0, 0.05) is 24.5 Å². The van der Waals surface area contributed by atoms with Crippen LogP contribution in [0.5, 0.6) is 5.75 Å². The lowest BCUT2D eigenvalue weighted by atomic mass is 9.87. The fourth-order valence-corrected chi connectivity index (χ4v) is 3.99. The van der Waals surface area contributed by atoms with Gasteiger partial charge in [-0.05, 0) is 49.3 Å². The van der Waals surface area contributed by atoms with E-state index in [4.69, 9.17) is 4.74 Å². The Kier molecular flexibility index (Phi) is 3.71. The van der Waals surface area contributed by atoms with Gasteiger partial charge >= 0.3 is 0 Å². The lowest BCUT2D eigenvalue weighted by Crippen LogP contribution is -2.53. The quantitative estimate of drug-likeness (QED) is 0.900. The molecular formula is C19H23N3O3. The minimum Gasteiger partial charge on any atom is -0.496 e. The molecule has 6 nitrogen and oxygen atoms in total. The average Bonchev–Trinajstić information content (AvgIpc) is 3.23. The van der Waals surface area contributed by atoms with Crippen LogP contribution in [-0.2, 0) is 4.79 Å². The highest BCUT2D eigenvalue weighted by Gasteiger charge is 2.50. The van der Waals surface area contributed by atoms with Gasteiger partial charge in [0.2, 0.25) is 5.91 Å². The van der Waals surface area contributed by atoms with Gasteiger partial charge in [0.05, 0.1) is 7.11 Å². The van der Waals surface area contributed by atoms with Crippen LogP contribution in [0.25, 0.3) is 10.9 Å². The number of amides is 2. The third-order valence-electron chi connectivity index (χ3n) is 5.73. The molecule has 1 aromatic heterocycles. The number of likely N-dealkylation sites (N-methyl/N-ethyl adjacent to an activating group) is 1. The molecule has 1 aliphatic heterocycles. The summed E-state index contributed by atoms with van der Waals surface area (Å²) < 4.78 is 5.37. The number of likely N-dealkylation sites (tertiary alicyclic amines) is 1. The van der Waals surface area contributed by atoms with E-state index in [1.165, 1.54) is 12.8 Å². The highest BCUT2D eigenvalue weighted by Crippen LogP contribution is 2.55. The largest absolute Gasteiger partial charge is 0.496 e. The number of methoxy groups -OCH3 is 1. The van der Waals surface area contributed by atoms with E-state index in [-0.39, 0.29) is 23.3 Å². The molecule has 1 saturated carbocycles. The number of nitrogens with zero attached hydrogens (tertiary/aromatic N) is 1. The number of aromatic amines is 1. The van der Waals surface area contributed by atoms with Crippen molar-refractivity contribution in [2.45, 2.75) is 31.7 Å². The van der Waals surface area contributed by atoms with Crippen LogP contribution >= 0.6 is 0 Å². The van der Waals surface area contributed by atoms with Crippen molar-refractivity contribution >= 4 is 22.7 Å². The molecule has 0 radical (unpaired) electrons. The molecule has 1 saturated heterocycles. The van der Waals surface area contributed by atoms with Gasteiger partial charge in [-0.2, -0.15) is 0 Å². The maximum absolute atomic E-state index is 13.1. The summed E-state index contributed by atoms with van der Waals surface area (Å²) in [6.07, 6.45) is 4.09. The number of benzene rings is 1. The second-order valence-corrected chi connectivity index (χ2v) is 7.19. The average molecular weight is 341 g/mol. The standard InChI is InChI=1S/C19H23N3O3/c1-20-17(23)15-11-19(6-7-19)8-9-22(15)18(24)14-10-12-13(21-14)4-3-5-16(12)25-2/h3-5,10,15,21H,6-9,11H2,1-2H3,(H,20,23)/t15-/m0/s1. The summed E-state index contributed by atoms with van der Waals surface area (Å²) in [4.78, 5) is 30.4. The smallest absolute Gasteiger partial charge is 0.270 e. The van der Waals surface area contributed by atoms with Crippen LogP contribution in [0, 0.1) is 5.41 Å². The van der Waals surface area contributed by atoms with E-state index in [0.717, 1.165) is 29.5 Å². The minimum atomic E-state index is -0.387. The lowest BCUT2D eigenvalue weighted by molar-refractivity contribution is -0.127. The molecule has 1 spiro atoms. The van der Waals surface area contributed by atoms with Crippen molar-refractivity contribution in [3.63, 3.8) is 0 Å². The summed E-state index contributed by atoms with van der Waals surface area (Å²) >= 11 is 0. The van der Waals surface area contributed by atoms with E-state index in [0.29, 0.717) is 12.2 Å². The van der Waals surface area contributed by atoms with Gasteiger partial charge in [-0.25, -0.2) is 0 Å². The number of rotatable bonds is 3. The SMILES string of the molecule is CNC(=O)[C@@H]1CC2(CCN1C(=O)c1cc3c(OC)cccc3[nH]1)CC2. The maximum atomic E-state index is 13.1. The van der Waals surface area contributed by atoms with E-state index >= 15 is 0 Å². The Hall–Kier alpha value is -2.50. The fourth-order valence-electron chi connectivity index (χ4n) is 3.99. The molecule has 1 aromatic carbocycles. The predicted molar refractivity (Wildman–Crippen MR) is 94.6 cm³/mol. The summed E-state index contributed by atoms with van der Waals surface area (Å²) in [5, 5.41) is 3.59. The van der Waals surface area contributed by atoms with Gasteiger partial charge < -0.3 is 19.9 Å². The molecule has 6 heteroatoms. The monoisotopic (exact) mass is 341 g/mol. The first-order valence-electron chi connectivity index (χ1n) is 8.75. The van der Waals surface area contributed by atoms with Gasteiger partial charge in [-0.3, -0.25) is 9.59 Å². The van der Waals surface area contributed by atoms with Gasteiger partial charge in [0.1, 0.15) is 17.5 Å². The Morgan fingerprint density at radius 3 is 2.80 bits per heavy atom. The third-order valence-corrected chi connectivity index (χ3v) is 5.73. The number of aromatic nitrogens is 1. The number of carbonyl (C=O) groups excluding carboxylic acids is 2. The van der Waals surface area contributed by atoms with Gasteiger partial charge in [0.15, 0.2) is 0 Å². The molecule has 2 aliphatic rings. The van der Waals surface area contributed by atoms with Gasteiger partial charge in [0.25, 0.3) is 5.91 Å². The molecular weight excluding hydrogens is 318 g/mol. The summed E-state index contributed by atoms with van der Waals surface area (Å²) in [5.41, 5.74) is 1.65. The van der Waals surface area contributed by atoms with Crippen LogP contribution in [0.1, 0.15) is 36.2 Å². The second kappa shape index (κ2) is 5.79. The van der Waals surface area contributed by atoms with Crippen LogP contribution < -0.4 is 10.1 Å². The maximum Gasteiger partial charge on any atom is 0.270 e. The van der Waals surface area contributed by atoms with Crippen molar-refractivity contribution in [1.29, 1.82) is 0 Å². The number of nitrogens with one attached hydrogen (secondary N) is 2. The van der Waals surface area contributed by atoms with Crippen LogP contribution in [0.4, 0.5) is 0 Å². The van der Waals surface area contributed by atoms with Crippen molar-refractivity contribution in [2.24, 2.45) is 5.41 Å². The Morgan fingerprint density at radius 2 is 2.12 bits per heavy atom. The molecule has 1 aliphatic carbocycles. The number of piperidine rings is 1. The summed E-state index contributed by atoms with van der Waals surface area (Å²) in [7, 11) is 3.25. The van der Waals surface area contributed by atoms with Crippen molar-refractivity contribution in [1.82, 2.24) is 15.2 Å². The van der Waals surface area contributed by atoms with Crippen LogP contribution in [0.3, 0.4) is 0 Å². The molecule has 2 heterocycles. The fraction of sp³-hybridized carbons (Fsp3) is 0.474. The topological polar surface area (TPSA) is 74.4 Å². The van der Waals surface area contributed by atoms with E-state index in [9.17, 15) is 9.59 Å². The molecule has 2 amide bonds. The number of ether oxygens (including phenoxy) is 1. The molecule has 132 valence electrons. The van der Waals surface area contributed by atoms with E-state index < -0.39 is 0 Å². The number of hydrogen-bond donors (Lipinski definition) is 2. The van der Waals surface area contributed by atoms with Crippen molar-refractivity contribution in [2.75, 3.05) is 20.7 Å². The molecule has 0 unspecified atom stereocenters. The number of hydrogen-bond acceptors (Lipinski definition) is 3. The molecule has 0 bridgehead atoms. The Labute approximate surface area is 146 Å². The molecule has 25 heavy (non-hydrogen) atoms. The zero-order chi connectivity index (χ0) is 17.6. The van der Waals surface area contributed by atoms with E-state index in [1.54, 1.807) is 19.1 Å². The normalized spacial score (nSPS) is 21.4. The molecule has 2 N–H and O–H groups in total. The zero-order valence-electron chi connectivity index (χ0n) is 14.6. The van der Waals surface area contributed by atoms with Crippen LogP contribution in [-0.4, -0.2) is 48.4 Å². The van der Waals surface area contributed by atoms with Crippen molar-refractivity contribution < 1.29 is 14.3 Å². The molecule has 2 aromatic rings. The van der Waals surface area contributed by atoms with Gasteiger partial charge in [-0.15, -0.1) is 0 Å². The highest BCUT2D eigenvalue weighted by molar-refractivity contribution is 6.01. The lowest BCUT2D eigenvalue weighted by Gasteiger charge is -2.38. The number of H-pyrrole nitrogens is 1. The Bertz CT molecular complexity index is 838. The minimum absolute atomic E-state index is 0.0759. The molecule has 4 rings (SSSR count). The highest BCUT2D eigenvalue weighted by atomic mass is 16.5. The van der Waals surface area contributed by atoms with E-state index in [1.807, 2.05) is 24.3 Å². The first-order valence-corrected chi connectivity index (χ1v) is 8.75. The second-order valence-electron chi connectivity index (χ2n) is 7.19. The van der Waals surface area contributed by atoms with Gasteiger partial charge in [-0.1, -0.05) is 6.07 Å². The Balaban J connectivity index is 1.65. The summed E-state index contributed by atoms with van der Waals surface area (Å²) in [5.74, 6) is 0.529. The number of carbonyl (C=O) groups is 2.